The number of hydrogen-bond acceptors (Lipinski definition) is 3. The zero-order chi connectivity index (χ0) is 22.6. The second kappa shape index (κ2) is 9.85. The van der Waals surface area contributed by atoms with Crippen molar-refractivity contribution >= 4 is 34.6 Å². The van der Waals surface area contributed by atoms with Gasteiger partial charge in [0.25, 0.3) is 0 Å². The van der Waals surface area contributed by atoms with Crippen molar-refractivity contribution in [2.24, 2.45) is 0 Å². The maximum atomic E-state index is 13.9. The summed E-state index contributed by atoms with van der Waals surface area (Å²) in [6.45, 7) is 0. The van der Waals surface area contributed by atoms with E-state index < -0.39 is 12.2 Å². The standard InChI is InChI=1S/C26H20NO3P.Hg/c28-26(21-16-18-22(19-17-21)27(29)30)20-31(23-10-4-1-5-11-23,24-12-6-2-7-13-24)25-14-8-3-9-15-25;/h1-20H;/q+1;. The molecular formula is C26H20HgNO3P+. The number of nitro benzene ring substituents is 1. The van der Waals surface area contributed by atoms with E-state index in [-0.39, 0.29) is 40.8 Å². The fourth-order valence-corrected chi connectivity index (χ4v) is 16.8. The summed E-state index contributed by atoms with van der Waals surface area (Å²) in [5.74, 6) is 0.0631. The van der Waals surface area contributed by atoms with Crippen molar-refractivity contribution in [3.8, 4) is 0 Å². The van der Waals surface area contributed by atoms with Crippen LogP contribution in [0.2, 0.25) is 0 Å². The fraction of sp³-hybridized carbons (Fsp3) is 0.0385. The number of Topliss-reactive ketones (excluding diaryl/α,β-unsaturated/α-hetero) is 1. The quantitative estimate of drug-likeness (QED) is 0.0989. The number of benzene rings is 4. The van der Waals surface area contributed by atoms with Crippen LogP contribution in [0.1, 0.15) is 10.4 Å². The molecular weight excluding hydrogens is 606 g/mol. The number of rotatable bonds is 7. The maximum absolute atomic E-state index is 13.9. The van der Waals surface area contributed by atoms with Gasteiger partial charge in [0.1, 0.15) is 0 Å². The van der Waals surface area contributed by atoms with Gasteiger partial charge in [-0.1, -0.05) is 0 Å². The molecule has 1 unspecified atom stereocenters. The normalized spacial score (nSPS) is 12.2. The van der Waals surface area contributed by atoms with Crippen molar-refractivity contribution < 1.29 is 35.8 Å². The summed E-state index contributed by atoms with van der Waals surface area (Å²) in [4.78, 5) is 24.5. The molecule has 153 valence electrons. The van der Waals surface area contributed by atoms with Crippen LogP contribution in [0.3, 0.4) is 0 Å². The van der Waals surface area contributed by atoms with Gasteiger partial charge in [0.15, 0.2) is 0 Å². The predicted octanol–water partition coefficient (Wildman–Crippen LogP) is 4.64. The van der Waals surface area contributed by atoms with E-state index in [4.69, 9.17) is 0 Å². The van der Waals surface area contributed by atoms with E-state index in [2.05, 4.69) is 36.4 Å². The summed E-state index contributed by atoms with van der Waals surface area (Å²) in [6, 6.07) is 37.0. The molecule has 6 heteroatoms. The average molecular weight is 626 g/mol. The number of non-ortho nitro benzene ring substituents is 1. The van der Waals surface area contributed by atoms with Crippen molar-refractivity contribution in [1.29, 1.82) is 0 Å². The monoisotopic (exact) mass is 627 g/mol. The summed E-state index contributed by atoms with van der Waals surface area (Å²) >= 11 is 0.0859. The van der Waals surface area contributed by atoms with Crippen LogP contribution in [0.15, 0.2) is 115 Å². The minimum atomic E-state index is -2.29. The topological polar surface area (TPSA) is 60.2 Å². The predicted molar refractivity (Wildman–Crippen MR) is 126 cm³/mol. The number of ketones is 1. The first-order chi connectivity index (χ1) is 15.5. The Labute approximate surface area is 203 Å². The van der Waals surface area contributed by atoms with Crippen LogP contribution in [0.4, 0.5) is 5.69 Å². The van der Waals surface area contributed by atoms with E-state index in [9.17, 15) is 14.9 Å². The van der Waals surface area contributed by atoms with Crippen LogP contribution in [-0.2, 0) is 26.1 Å². The van der Waals surface area contributed by atoms with Crippen molar-refractivity contribution in [1.82, 2.24) is 0 Å². The number of hydrogen-bond donors (Lipinski definition) is 0. The second-order valence-electron chi connectivity index (χ2n) is 7.41. The summed E-state index contributed by atoms with van der Waals surface area (Å²) in [5.41, 5.74) is 0.523. The third-order valence-corrected chi connectivity index (χ3v) is 18.0. The van der Waals surface area contributed by atoms with Crippen molar-refractivity contribution in [2.75, 3.05) is 0 Å². The van der Waals surface area contributed by atoms with E-state index in [0.29, 0.717) is 5.56 Å². The third kappa shape index (κ3) is 4.17. The Morgan fingerprint density at radius 1 is 0.688 bits per heavy atom. The van der Waals surface area contributed by atoms with Crippen LogP contribution >= 0.6 is 7.26 Å². The van der Waals surface area contributed by atoms with Crippen molar-refractivity contribution in [2.45, 2.75) is 3.17 Å². The second-order valence-corrected chi connectivity index (χ2v) is 16.9. The summed E-state index contributed by atoms with van der Waals surface area (Å²) in [5, 5.41) is 14.6. The number of carbonyl (C=O) groups excluding carboxylic acids is 1. The molecule has 1 atom stereocenters. The van der Waals surface area contributed by atoms with E-state index in [0.717, 1.165) is 0 Å². The molecule has 0 heterocycles. The van der Waals surface area contributed by atoms with Gasteiger partial charge in [-0.15, -0.1) is 0 Å². The summed E-state index contributed by atoms with van der Waals surface area (Å²) in [6.07, 6.45) is 0. The number of nitrogens with zero attached hydrogens (tertiary/aromatic N) is 1. The van der Waals surface area contributed by atoms with Crippen LogP contribution in [-0.4, -0.2) is 13.9 Å². The van der Waals surface area contributed by atoms with Crippen LogP contribution in [0.25, 0.3) is 0 Å². The SMILES string of the molecule is O=C(c1ccc([N+](=O)[O-])cc1)[CH]([Hg])[P+](c1ccccc1)(c1ccccc1)c1ccccc1. The molecule has 0 N–H and O–H groups in total. The van der Waals surface area contributed by atoms with Crippen LogP contribution in [0, 0.1) is 10.1 Å². The van der Waals surface area contributed by atoms with E-state index in [1.54, 1.807) is 12.1 Å². The van der Waals surface area contributed by atoms with Crippen LogP contribution in [0.5, 0.6) is 0 Å². The first kappa shape index (κ1) is 22.5. The molecule has 4 aromatic carbocycles. The zero-order valence-electron chi connectivity index (χ0n) is 17.4. The van der Waals surface area contributed by atoms with E-state index in [1.807, 2.05) is 54.6 Å². The zero-order valence-corrected chi connectivity index (χ0v) is 23.8. The minimum absolute atomic E-state index is 0.00779. The molecule has 0 saturated carbocycles. The number of nitro groups is 1. The molecule has 32 heavy (non-hydrogen) atoms. The Bertz CT molecular complexity index is 1120. The van der Waals surface area contributed by atoms with Gasteiger partial charge >= 0.3 is 205 Å². The van der Waals surface area contributed by atoms with Gasteiger partial charge in [-0.3, -0.25) is 0 Å². The molecule has 0 saturated heterocycles. The molecule has 4 rings (SSSR count). The molecule has 0 radical (unpaired) electrons. The molecule has 0 amide bonds. The van der Waals surface area contributed by atoms with Gasteiger partial charge in [0.05, 0.1) is 0 Å². The Hall–Kier alpha value is -2.68. The van der Waals surface area contributed by atoms with E-state index >= 15 is 0 Å². The summed E-state index contributed by atoms with van der Waals surface area (Å²) < 4.78 is -0.170. The molecule has 0 bridgehead atoms. The van der Waals surface area contributed by atoms with Crippen LogP contribution < -0.4 is 15.9 Å². The third-order valence-electron chi connectivity index (χ3n) is 5.62. The first-order valence-electron chi connectivity index (χ1n) is 10.2. The van der Waals surface area contributed by atoms with Gasteiger partial charge in [-0.2, -0.15) is 0 Å². The molecule has 4 aromatic rings. The molecule has 0 aliphatic heterocycles. The van der Waals surface area contributed by atoms with Crippen molar-refractivity contribution in [3.05, 3.63) is 131 Å². The molecule has 0 aromatic heterocycles. The summed E-state index contributed by atoms with van der Waals surface area (Å²) in [7, 11) is -2.29. The van der Waals surface area contributed by atoms with Crippen molar-refractivity contribution in [3.63, 3.8) is 0 Å². The van der Waals surface area contributed by atoms with Gasteiger partial charge in [0, 0.05) is 0 Å². The van der Waals surface area contributed by atoms with Gasteiger partial charge < -0.3 is 0 Å². The number of carbonyl (C=O) groups is 1. The van der Waals surface area contributed by atoms with E-state index in [1.165, 1.54) is 28.0 Å². The molecule has 0 spiro atoms. The Balaban J connectivity index is 1.94. The van der Waals surface area contributed by atoms with Gasteiger partial charge in [-0.25, -0.2) is 0 Å². The fourth-order valence-electron chi connectivity index (χ4n) is 4.09. The van der Waals surface area contributed by atoms with Gasteiger partial charge in [0.2, 0.25) is 0 Å². The molecule has 0 fully saturated rings. The molecule has 0 aliphatic rings. The Kier molecular flexibility index (Phi) is 6.93. The molecule has 4 nitrogen and oxygen atoms in total. The molecule has 0 aliphatic carbocycles. The van der Waals surface area contributed by atoms with Gasteiger partial charge in [-0.05, 0) is 0 Å². The Morgan fingerprint density at radius 3 is 1.41 bits per heavy atom. The average Bonchev–Trinajstić information content (AvgIpc) is 2.86. The first-order valence-corrected chi connectivity index (χ1v) is 15.3. The Morgan fingerprint density at radius 2 is 1.06 bits per heavy atom.